The molecule has 0 saturated heterocycles. The molecule has 3 rings (SSSR count). The molecule has 0 saturated carbocycles. The number of anilines is 3. The van der Waals surface area contributed by atoms with Gasteiger partial charge >= 0.3 is 0 Å². The molecule has 2 aromatic rings. The third-order valence-corrected chi connectivity index (χ3v) is 5.49. The number of aryl methyl sites for hydroxylation is 2. The van der Waals surface area contributed by atoms with Crippen molar-refractivity contribution < 1.29 is 0 Å². The number of nitrogens with zero attached hydrogens (tertiary/aromatic N) is 4. The monoisotopic (exact) mass is 330 g/mol. The van der Waals surface area contributed by atoms with Gasteiger partial charge in [0.25, 0.3) is 0 Å². The normalized spacial score (nSPS) is 15.8. The van der Waals surface area contributed by atoms with Crippen molar-refractivity contribution in [2.75, 3.05) is 16.8 Å². The maximum atomic E-state index is 9.67. The number of hydrogen-bond donors (Lipinski definition) is 0. The summed E-state index contributed by atoms with van der Waals surface area (Å²) in [6.07, 6.45) is 0.0233. The predicted molar refractivity (Wildman–Crippen MR) is 101 cm³/mol. The maximum absolute atomic E-state index is 9.67. The highest BCUT2D eigenvalue weighted by Gasteiger charge is 2.37. The van der Waals surface area contributed by atoms with Crippen molar-refractivity contribution in [3.05, 3.63) is 51.6 Å². The predicted octanol–water partition coefficient (Wildman–Crippen LogP) is 4.60. The minimum absolute atomic E-state index is 0.0233. The fraction of sp³-hybridized carbons (Fsp3) is 0.333. The summed E-state index contributed by atoms with van der Waals surface area (Å²) in [4.78, 5) is 4.31. The molecule has 25 heavy (non-hydrogen) atoms. The largest absolute Gasteiger partial charge is 0.351 e. The molecule has 4 nitrogen and oxygen atoms in total. The average molecular weight is 330 g/mol. The molecule has 0 radical (unpaired) electrons. The smallest absolute Gasteiger partial charge is 0.103 e. The Bertz CT molecular complexity index is 933. The molecule has 2 aromatic carbocycles. The Morgan fingerprint density at radius 1 is 0.840 bits per heavy atom. The van der Waals surface area contributed by atoms with Gasteiger partial charge in [0.1, 0.15) is 18.3 Å². The van der Waals surface area contributed by atoms with Crippen LogP contribution in [0.3, 0.4) is 0 Å². The Balaban J connectivity index is 2.41. The summed E-state index contributed by atoms with van der Waals surface area (Å²) < 4.78 is 0. The molecule has 0 fully saturated rings. The number of hydrogen-bond acceptors (Lipinski definition) is 4. The first-order chi connectivity index (χ1) is 11.8. The third kappa shape index (κ3) is 2.26. The van der Waals surface area contributed by atoms with E-state index in [1.165, 1.54) is 22.3 Å². The minimum atomic E-state index is 0.0233. The van der Waals surface area contributed by atoms with E-state index in [-0.39, 0.29) is 6.17 Å². The van der Waals surface area contributed by atoms with Gasteiger partial charge in [-0.1, -0.05) is 6.07 Å². The van der Waals surface area contributed by atoms with Gasteiger partial charge in [-0.3, -0.25) is 0 Å². The highest BCUT2D eigenvalue weighted by atomic mass is 15.4. The van der Waals surface area contributed by atoms with Crippen LogP contribution in [-0.2, 0) is 0 Å². The highest BCUT2D eigenvalue weighted by Crippen LogP contribution is 2.49. The molecule has 0 N–H and O–H groups in total. The van der Waals surface area contributed by atoms with Gasteiger partial charge in [-0.2, -0.15) is 10.5 Å². The SMILES string of the molecule is Cc1cc(C)c(C)c(N2c3c(C#N)ccc(C#N)c3N(C)[C@@H]2C)c1C. The van der Waals surface area contributed by atoms with Crippen molar-refractivity contribution in [1.29, 1.82) is 10.5 Å². The fourth-order valence-electron chi connectivity index (χ4n) is 3.76. The first-order valence-corrected chi connectivity index (χ1v) is 8.40. The molecule has 0 amide bonds. The number of rotatable bonds is 1. The van der Waals surface area contributed by atoms with Crippen LogP contribution in [0.5, 0.6) is 0 Å². The van der Waals surface area contributed by atoms with Gasteiger partial charge in [-0.05, 0) is 69.0 Å². The van der Waals surface area contributed by atoms with Crippen molar-refractivity contribution in [2.24, 2.45) is 0 Å². The zero-order chi connectivity index (χ0) is 18.5. The van der Waals surface area contributed by atoms with Gasteiger partial charge in [-0.25, -0.2) is 0 Å². The zero-order valence-corrected chi connectivity index (χ0v) is 15.6. The molecule has 1 atom stereocenters. The van der Waals surface area contributed by atoms with Gasteiger partial charge in [-0.15, -0.1) is 0 Å². The van der Waals surface area contributed by atoms with Crippen molar-refractivity contribution >= 4 is 17.1 Å². The first kappa shape index (κ1) is 16.9. The van der Waals surface area contributed by atoms with E-state index < -0.39 is 0 Å². The number of fused-ring (bicyclic) bond motifs is 1. The second kappa shape index (κ2) is 5.83. The lowest BCUT2D eigenvalue weighted by Gasteiger charge is -2.32. The second-order valence-electron chi connectivity index (χ2n) is 6.80. The Hall–Kier alpha value is -2.98. The summed E-state index contributed by atoms with van der Waals surface area (Å²) in [7, 11) is 1.98. The van der Waals surface area contributed by atoms with E-state index in [9.17, 15) is 10.5 Å². The Labute approximate surface area is 149 Å². The van der Waals surface area contributed by atoms with Crippen LogP contribution in [0.15, 0.2) is 18.2 Å². The molecule has 1 aliphatic heterocycles. The molecule has 126 valence electrons. The zero-order valence-electron chi connectivity index (χ0n) is 15.6. The quantitative estimate of drug-likeness (QED) is 0.767. The van der Waals surface area contributed by atoms with E-state index in [4.69, 9.17) is 0 Å². The molecule has 0 bridgehead atoms. The molecule has 1 heterocycles. The van der Waals surface area contributed by atoms with E-state index in [0.29, 0.717) is 11.1 Å². The van der Waals surface area contributed by atoms with Crippen molar-refractivity contribution in [1.82, 2.24) is 0 Å². The number of benzene rings is 2. The summed E-state index contributed by atoms with van der Waals surface area (Å²) in [6, 6.07) is 10.3. The molecular formula is C21H22N4. The van der Waals surface area contributed by atoms with E-state index in [0.717, 1.165) is 17.1 Å². The van der Waals surface area contributed by atoms with Crippen LogP contribution in [0.25, 0.3) is 0 Å². The van der Waals surface area contributed by atoms with Gasteiger partial charge in [0.05, 0.1) is 22.5 Å². The van der Waals surface area contributed by atoms with E-state index in [1.54, 1.807) is 12.1 Å². The molecule has 0 aromatic heterocycles. The van der Waals surface area contributed by atoms with Gasteiger partial charge < -0.3 is 9.80 Å². The van der Waals surface area contributed by atoms with Crippen molar-refractivity contribution in [3.8, 4) is 12.1 Å². The lowest BCUT2D eigenvalue weighted by molar-refractivity contribution is 0.729. The highest BCUT2D eigenvalue weighted by molar-refractivity contribution is 5.92. The van der Waals surface area contributed by atoms with Crippen molar-refractivity contribution in [2.45, 2.75) is 40.8 Å². The van der Waals surface area contributed by atoms with Crippen LogP contribution in [-0.4, -0.2) is 13.2 Å². The maximum Gasteiger partial charge on any atom is 0.103 e. The molecule has 0 unspecified atom stereocenters. The summed E-state index contributed by atoms with van der Waals surface area (Å²) in [5.41, 5.74) is 8.91. The van der Waals surface area contributed by atoms with Gasteiger partial charge in [0, 0.05) is 12.7 Å². The van der Waals surface area contributed by atoms with Crippen LogP contribution >= 0.6 is 0 Å². The Morgan fingerprint density at radius 2 is 1.32 bits per heavy atom. The summed E-state index contributed by atoms with van der Waals surface area (Å²) in [5.74, 6) is 0. The molecule has 0 aliphatic carbocycles. The molecule has 1 aliphatic rings. The lowest BCUT2D eigenvalue weighted by atomic mass is 9.96. The minimum Gasteiger partial charge on any atom is -0.351 e. The summed E-state index contributed by atoms with van der Waals surface area (Å²) >= 11 is 0. The van der Waals surface area contributed by atoms with Crippen LogP contribution in [0, 0.1) is 50.4 Å². The van der Waals surface area contributed by atoms with Crippen LogP contribution in [0.2, 0.25) is 0 Å². The van der Waals surface area contributed by atoms with Gasteiger partial charge in [0.15, 0.2) is 0 Å². The van der Waals surface area contributed by atoms with Crippen LogP contribution in [0.1, 0.15) is 40.3 Å². The topological polar surface area (TPSA) is 54.1 Å². The van der Waals surface area contributed by atoms with Crippen LogP contribution in [0.4, 0.5) is 17.1 Å². The van der Waals surface area contributed by atoms with E-state index >= 15 is 0 Å². The lowest BCUT2D eigenvalue weighted by Crippen LogP contribution is -2.36. The van der Waals surface area contributed by atoms with Crippen LogP contribution < -0.4 is 9.80 Å². The average Bonchev–Trinajstić information content (AvgIpc) is 2.85. The second-order valence-corrected chi connectivity index (χ2v) is 6.80. The molecule has 4 heteroatoms. The Morgan fingerprint density at radius 3 is 1.80 bits per heavy atom. The Kier molecular flexibility index (Phi) is 3.93. The molecule has 0 spiro atoms. The molecular weight excluding hydrogens is 308 g/mol. The van der Waals surface area contributed by atoms with Gasteiger partial charge in [0.2, 0.25) is 0 Å². The number of nitriles is 2. The fourth-order valence-corrected chi connectivity index (χ4v) is 3.76. The summed E-state index contributed by atoms with van der Waals surface area (Å²) in [6.45, 7) is 10.6. The first-order valence-electron chi connectivity index (χ1n) is 8.40. The standard InChI is InChI=1S/C21H22N4/c1-12-9-13(2)15(4)19(14(12)3)25-16(5)24(6)20-17(10-22)7-8-18(11-23)21(20)25/h7-9,16H,1-6H3/t16-/m0/s1. The van der Waals surface area contributed by atoms with E-state index in [1.807, 2.05) is 7.05 Å². The van der Waals surface area contributed by atoms with E-state index in [2.05, 4.69) is 62.6 Å². The summed E-state index contributed by atoms with van der Waals surface area (Å²) in [5, 5.41) is 19.2. The van der Waals surface area contributed by atoms with Crippen molar-refractivity contribution in [3.63, 3.8) is 0 Å². The third-order valence-electron chi connectivity index (χ3n) is 5.49.